The predicted molar refractivity (Wildman–Crippen MR) is 61.5 cm³/mol. The summed E-state index contributed by atoms with van der Waals surface area (Å²) in [7, 11) is 0. The minimum absolute atomic E-state index is 0.101. The standard InChI is InChI=1S/C10H18N2O2S/c1-3-15-10(14)8-5-4-6-12(8)9(13)7(2)11/h7-8H,3-6,11H2,1-2H3/t7-,8-/m0/s1. The van der Waals surface area contributed by atoms with Gasteiger partial charge in [-0.25, -0.2) is 0 Å². The molecule has 0 radical (unpaired) electrons. The first-order chi connectivity index (χ1) is 7.07. The topological polar surface area (TPSA) is 63.4 Å². The molecule has 0 saturated carbocycles. The molecule has 1 aliphatic rings. The molecular formula is C10H18N2O2S. The minimum atomic E-state index is -0.509. The van der Waals surface area contributed by atoms with Crippen molar-refractivity contribution < 1.29 is 9.59 Å². The Hall–Kier alpha value is -0.550. The number of hydrogen-bond acceptors (Lipinski definition) is 4. The van der Waals surface area contributed by atoms with Gasteiger partial charge in [0, 0.05) is 6.54 Å². The summed E-state index contributed by atoms with van der Waals surface area (Å²) >= 11 is 1.29. The van der Waals surface area contributed by atoms with Crippen LogP contribution in [0.5, 0.6) is 0 Å². The van der Waals surface area contributed by atoms with E-state index in [1.54, 1.807) is 11.8 Å². The average molecular weight is 230 g/mol. The van der Waals surface area contributed by atoms with E-state index in [9.17, 15) is 9.59 Å². The maximum absolute atomic E-state index is 11.7. The lowest BCUT2D eigenvalue weighted by Crippen LogP contribution is -2.46. The molecule has 1 rings (SSSR count). The van der Waals surface area contributed by atoms with Crippen LogP contribution < -0.4 is 5.73 Å². The second-order valence-corrected chi connectivity index (χ2v) is 5.00. The third-order valence-corrected chi connectivity index (χ3v) is 3.33. The van der Waals surface area contributed by atoms with Crippen molar-refractivity contribution >= 4 is 22.8 Å². The number of hydrogen-bond donors (Lipinski definition) is 1. The van der Waals surface area contributed by atoms with E-state index >= 15 is 0 Å². The van der Waals surface area contributed by atoms with E-state index in [1.165, 1.54) is 11.8 Å². The highest BCUT2D eigenvalue weighted by molar-refractivity contribution is 8.13. The molecule has 0 unspecified atom stereocenters. The largest absolute Gasteiger partial charge is 0.330 e. The number of likely N-dealkylation sites (tertiary alicyclic amines) is 1. The van der Waals surface area contributed by atoms with Crippen LogP contribution in [0.2, 0.25) is 0 Å². The first-order valence-corrected chi connectivity index (χ1v) is 6.29. The fourth-order valence-electron chi connectivity index (χ4n) is 1.78. The van der Waals surface area contributed by atoms with Crippen molar-refractivity contribution in [3.8, 4) is 0 Å². The normalized spacial score (nSPS) is 22.9. The van der Waals surface area contributed by atoms with Crippen molar-refractivity contribution in [2.75, 3.05) is 12.3 Å². The van der Waals surface area contributed by atoms with Gasteiger partial charge in [-0.2, -0.15) is 0 Å². The van der Waals surface area contributed by atoms with Crippen molar-refractivity contribution in [2.45, 2.75) is 38.8 Å². The van der Waals surface area contributed by atoms with Gasteiger partial charge in [-0.05, 0) is 25.5 Å². The summed E-state index contributed by atoms with van der Waals surface area (Å²) < 4.78 is 0. The maximum Gasteiger partial charge on any atom is 0.239 e. The summed E-state index contributed by atoms with van der Waals surface area (Å²) in [5.41, 5.74) is 5.54. The number of nitrogens with two attached hydrogens (primary N) is 1. The lowest BCUT2D eigenvalue weighted by molar-refractivity contribution is -0.136. The predicted octanol–water partition coefficient (Wildman–Crippen LogP) is 0.604. The summed E-state index contributed by atoms with van der Waals surface area (Å²) in [5.74, 6) is 0.651. The number of carbonyl (C=O) groups excluding carboxylic acids is 2. The van der Waals surface area contributed by atoms with E-state index in [0.717, 1.165) is 18.6 Å². The van der Waals surface area contributed by atoms with E-state index in [2.05, 4.69) is 0 Å². The Labute approximate surface area is 94.6 Å². The van der Waals surface area contributed by atoms with Crippen LogP contribution in [0.3, 0.4) is 0 Å². The molecule has 1 amide bonds. The quantitative estimate of drug-likeness (QED) is 0.771. The highest BCUT2D eigenvalue weighted by atomic mass is 32.2. The van der Waals surface area contributed by atoms with Crippen LogP contribution in [0.25, 0.3) is 0 Å². The van der Waals surface area contributed by atoms with Gasteiger partial charge in [-0.3, -0.25) is 9.59 Å². The zero-order valence-corrected chi connectivity index (χ0v) is 10.0. The first kappa shape index (κ1) is 12.5. The molecule has 5 heteroatoms. The van der Waals surface area contributed by atoms with Crippen LogP contribution in [0.4, 0.5) is 0 Å². The molecule has 1 saturated heterocycles. The Morgan fingerprint density at radius 3 is 2.80 bits per heavy atom. The maximum atomic E-state index is 11.7. The Morgan fingerprint density at radius 1 is 1.60 bits per heavy atom. The third-order valence-electron chi connectivity index (χ3n) is 2.48. The summed E-state index contributed by atoms with van der Waals surface area (Å²) in [6.07, 6.45) is 1.68. The summed E-state index contributed by atoms with van der Waals surface area (Å²) in [5, 5.41) is 0.101. The highest BCUT2D eigenvalue weighted by Crippen LogP contribution is 2.22. The van der Waals surface area contributed by atoms with Crippen molar-refractivity contribution in [3.63, 3.8) is 0 Å². The summed E-state index contributed by atoms with van der Waals surface area (Å²) in [4.78, 5) is 25.0. The van der Waals surface area contributed by atoms with Crippen molar-refractivity contribution in [1.29, 1.82) is 0 Å². The number of rotatable bonds is 3. The number of nitrogens with zero attached hydrogens (tertiary/aromatic N) is 1. The molecule has 0 aromatic carbocycles. The van der Waals surface area contributed by atoms with E-state index in [1.807, 2.05) is 6.92 Å². The van der Waals surface area contributed by atoms with Gasteiger partial charge >= 0.3 is 0 Å². The van der Waals surface area contributed by atoms with Gasteiger partial charge in [-0.15, -0.1) is 0 Å². The number of carbonyl (C=O) groups is 2. The van der Waals surface area contributed by atoms with Crippen molar-refractivity contribution in [2.24, 2.45) is 5.73 Å². The van der Waals surface area contributed by atoms with E-state index in [4.69, 9.17) is 5.73 Å². The van der Waals surface area contributed by atoms with Crippen LogP contribution in [0, 0.1) is 0 Å². The van der Waals surface area contributed by atoms with Crippen LogP contribution in [0.15, 0.2) is 0 Å². The molecule has 0 aliphatic carbocycles. The molecule has 4 nitrogen and oxygen atoms in total. The lowest BCUT2D eigenvalue weighted by atomic mass is 10.2. The fraction of sp³-hybridized carbons (Fsp3) is 0.800. The minimum Gasteiger partial charge on any atom is -0.330 e. The molecule has 15 heavy (non-hydrogen) atoms. The molecule has 1 aliphatic heterocycles. The zero-order valence-electron chi connectivity index (χ0n) is 9.23. The fourth-order valence-corrected chi connectivity index (χ4v) is 2.50. The van der Waals surface area contributed by atoms with Gasteiger partial charge in [0.05, 0.1) is 6.04 Å². The summed E-state index contributed by atoms with van der Waals surface area (Å²) in [6.45, 7) is 4.27. The summed E-state index contributed by atoms with van der Waals surface area (Å²) in [6, 6.07) is -0.751. The molecule has 0 aromatic rings. The lowest BCUT2D eigenvalue weighted by Gasteiger charge is -2.24. The molecule has 1 fully saturated rings. The Morgan fingerprint density at radius 2 is 2.27 bits per heavy atom. The van der Waals surface area contributed by atoms with E-state index < -0.39 is 6.04 Å². The molecule has 1 heterocycles. The Balaban J connectivity index is 2.64. The second kappa shape index (κ2) is 5.51. The molecule has 2 N–H and O–H groups in total. The Kier molecular flexibility index (Phi) is 4.60. The number of amides is 1. The third kappa shape index (κ3) is 2.95. The second-order valence-electron chi connectivity index (χ2n) is 3.73. The SMILES string of the molecule is CCSC(=O)[C@@H]1CCCN1C(=O)[C@H](C)N. The smallest absolute Gasteiger partial charge is 0.239 e. The van der Waals surface area contributed by atoms with Gasteiger partial charge in [0.15, 0.2) is 0 Å². The molecule has 86 valence electrons. The van der Waals surface area contributed by atoms with Crippen molar-refractivity contribution in [1.82, 2.24) is 4.90 Å². The monoisotopic (exact) mass is 230 g/mol. The van der Waals surface area contributed by atoms with Crippen LogP contribution in [-0.2, 0) is 9.59 Å². The van der Waals surface area contributed by atoms with Crippen molar-refractivity contribution in [3.05, 3.63) is 0 Å². The molecular weight excluding hydrogens is 212 g/mol. The highest BCUT2D eigenvalue weighted by Gasteiger charge is 2.34. The number of thioether (sulfide) groups is 1. The molecule has 0 aromatic heterocycles. The van der Waals surface area contributed by atoms with E-state index in [-0.39, 0.29) is 17.1 Å². The van der Waals surface area contributed by atoms with Crippen LogP contribution in [-0.4, -0.2) is 40.3 Å². The van der Waals surface area contributed by atoms with Crippen LogP contribution >= 0.6 is 11.8 Å². The van der Waals surface area contributed by atoms with Gasteiger partial charge in [0.25, 0.3) is 0 Å². The zero-order chi connectivity index (χ0) is 11.4. The molecule has 2 atom stereocenters. The first-order valence-electron chi connectivity index (χ1n) is 5.30. The van der Waals surface area contributed by atoms with Crippen LogP contribution in [0.1, 0.15) is 26.7 Å². The van der Waals surface area contributed by atoms with Gasteiger partial charge < -0.3 is 10.6 Å². The van der Waals surface area contributed by atoms with Gasteiger partial charge in [-0.1, -0.05) is 18.7 Å². The average Bonchev–Trinajstić information content (AvgIpc) is 2.65. The van der Waals surface area contributed by atoms with Gasteiger partial charge in [0.1, 0.15) is 6.04 Å². The van der Waals surface area contributed by atoms with E-state index in [0.29, 0.717) is 6.54 Å². The molecule has 0 bridgehead atoms. The molecule has 0 spiro atoms. The Bertz CT molecular complexity index is 256. The van der Waals surface area contributed by atoms with Gasteiger partial charge in [0.2, 0.25) is 11.0 Å².